The zero-order valence-corrected chi connectivity index (χ0v) is 17.1. The smallest absolute Gasteiger partial charge is 0.406 e. The van der Waals surface area contributed by atoms with E-state index in [2.05, 4.69) is 46.8 Å². The molecule has 31 heavy (non-hydrogen) atoms. The molecule has 0 saturated carbocycles. The van der Waals surface area contributed by atoms with Gasteiger partial charge in [0.15, 0.2) is 5.82 Å². The van der Waals surface area contributed by atoms with Crippen LogP contribution in [0.4, 0.5) is 30.6 Å². The molecular weight excluding hydrogens is 411 g/mol. The summed E-state index contributed by atoms with van der Waals surface area (Å²) in [5.74, 6) is 0.594. The summed E-state index contributed by atoms with van der Waals surface area (Å²) in [6.45, 7) is 2.02. The van der Waals surface area contributed by atoms with E-state index in [1.807, 2.05) is 7.05 Å². The first-order chi connectivity index (χ1) is 14.8. The Bertz CT molecular complexity index is 1050. The average Bonchev–Trinajstić information content (AvgIpc) is 2.73. The summed E-state index contributed by atoms with van der Waals surface area (Å²) < 4.78 is 41.5. The molecule has 3 aromatic rings. The van der Waals surface area contributed by atoms with Crippen molar-refractivity contribution in [2.24, 2.45) is 0 Å². The number of halogens is 3. The summed E-state index contributed by atoms with van der Waals surface area (Å²) in [6, 6.07) is 5.87. The summed E-state index contributed by atoms with van der Waals surface area (Å²) in [5.41, 5.74) is 1.39. The number of nitrogens with one attached hydrogen (secondary N) is 1. The predicted molar refractivity (Wildman–Crippen MR) is 110 cm³/mol. The Balaban J connectivity index is 1.60. The highest BCUT2D eigenvalue weighted by Crippen LogP contribution is 2.28. The Kier molecular flexibility index (Phi) is 5.77. The van der Waals surface area contributed by atoms with Crippen LogP contribution in [0.15, 0.2) is 36.8 Å². The van der Waals surface area contributed by atoms with Crippen LogP contribution in [0.2, 0.25) is 0 Å². The molecule has 1 N–H and O–H groups in total. The number of likely N-dealkylation sites (tertiary alicyclic amines) is 1. The van der Waals surface area contributed by atoms with Crippen molar-refractivity contribution in [2.75, 3.05) is 37.4 Å². The van der Waals surface area contributed by atoms with Crippen molar-refractivity contribution in [1.82, 2.24) is 24.8 Å². The number of ether oxygens (including phenoxy) is 1. The molecule has 164 valence electrons. The number of benzene rings is 1. The van der Waals surface area contributed by atoms with E-state index in [9.17, 15) is 13.2 Å². The Morgan fingerprint density at radius 1 is 1.16 bits per heavy atom. The van der Waals surface area contributed by atoms with E-state index in [1.165, 1.54) is 24.5 Å². The normalized spacial score (nSPS) is 15.8. The van der Waals surface area contributed by atoms with Crippen molar-refractivity contribution in [3.8, 4) is 5.75 Å². The predicted octanol–water partition coefficient (Wildman–Crippen LogP) is 3.59. The zero-order chi connectivity index (χ0) is 22.0. The highest BCUT2D eigenvalue weighted by molar-refractivity contribution is 5.87. The van der Waals surface area contributed by atoms with Gasteiger partial charge >= 0.3 is 6.36 Å². The average molecular weight is 433 g/mol. The molecule has 0 spiro atoms. The highest BCUT2D eigenvalue weighted by Gasteiger charge is 2.31. The molecule has 1 aromatic carbocycles. The maximum absolute atomic E-state index is 12.5. The lowest BCUT2D eigenvalue weighted by atomic mass is 10.0. The monoisotopic (exact) mass is 433 g/mol. The van der Waals surface area contributed by atoms with Crippen molar-refractivity contribution in [3.05, 3.63) is 36.8 Å². The van der Waals surface area contributed by atoms with Crippen LogP contribution in [0.25, 0.3) is 11.0 Å². The van der Waals surface area contributed by atoms with E-state index in [0.29, 0.717) is 34.5 Å². The van der Waals surface area contributed by atoms with Crippen LogP contribution >= 0.6 is 0 Å². The van der Waals surface area contributed by atoms with Crippen LogP contribution in [0.3, 0.4) is 0 Å². The van der Waals surface area contributed by atoms with Crippen molar-refractivity contribution in [1.29, 1.82) is 0 Å². The van der Waals surface area contributed by atoms with Gasteiger partial charge in [-0.1, -0.05) is 6.07 Å². The minimum Gasteiger partial charge on any atom is -0.406 e. The molecule has 1 aliphatic heterocycles. The molecule has 2 aromatic heterocycles. The van der Waals surface area contributed by atoms with Gasteiger partial charge in [-0.15, -0.1) is 13.2 Å². The Morgan fingerprint density at radius 2 is 1.94 bits per heavy atom. The van der Waals surface area contributed by atoms with Crippen molar-refractivity contribution >= 4 is 28.5 Å². The molecule has 11 heteroatoms. The molecule has 0 atom stereocenters. The van der Waals surface area contributed by atoms with Gasteiger partial charge in [0.25, 0.3) is 0 Å². The lowest BCUT2D eigenvalue weighted by Gasteiger charge is -2.35. The minimum atomic E-state index is -4.76. The number of fused-ring (bicyclic) bond motifs is 1. The molecule has 3 heterocycles. The van der Waals surface area contributed by atoms with Gasteiger partial charge in [-0.25, -0.2) is 19.9 Å². The molecule has 0 aliphatic carbocycles. The highest BCUT2D eigenvalue weighted by atomic mass is 19.4. The van der Waals surface area contributed by atoms with E-state index in [-0.39, 0.29) is 5.75 Å². The molecule has 1 fully saturated rings. The number of rotatable bonds is 5. The second-order valence-electron chi connectivity index (χ2n) is 7.47. The lowest BCUT2D eigenvalue weighted by Crippen LogP contribution is -2.42. The SMILES string of the molecule is CN1CCC(N(C)c2ncc3ncnc(Nc4cccc(OC(F)(F)F)c4)c3n2)CC1. The van der Waals surface area contributed by atoms with Crippen LogP contribution in [0.1, 0.15) is 12.8 Å². The third-order valence-electron chi connectivity index (χ3n) is 5.25. The van der Waals surface area contributed by atoms with Crippen LogP contribution in [0.5, 0.6) is 5.75 Å². The number of alkyl halides is 3. The van der Waals surface area contributed by atoms with Gasteiger partial charge in [0, 0.05) is 24.8 Å². The largest absolute Gasteiger partial charge is 0.573 e. The van der Waals surface area contributed by atoms with Crippen LogP contribution in [-0.4, -0.2) is 64.4 Å². The van der Waals surface area contributed by atoms with E-state index in [0.717, 1.165) is 25.9 Å². The van der Waals surface area contributed by atoms with E-state index in [4.69, 9.17) is 0 Å². The Hall–Kier alpha value is -3.21. The number of nitrogens with zero attached hydrogens (tertiary/aromatic N) is 6. The topological polar surface area (TPSA) is 79.3 Å². The maximum atomic E-state index is 12.5. The third kappa shape index (κ3) is 5.10. The first kappa shape index (κ1) is 21.0. The lowest BCUT2D eigenvalue weighted by molar-refractivity contribution is -0.274. The van der Waals surface area contributed by atoms with Gasteiger partial charge in [0.1, 0.15) is 23.1 Å². The summed E-state index contributed by atoms with van der Waals surface area (Å²) in [4.78, 5) is 21.9. The van der Waals surface area contributed by atoms with Gasteiger partial charge < -0.3 is 19.9 Å². The summed E-state index contributed by atoms with van der Waals surface area (Å²) in [6.07, 6.45) is 0.234. The number of hydrogen-bond donors (Lipinski definition) is 1. The Labute approximate surface area is 177 Å². The second kappa shape index (κ2) is 8.50. The standard InChI is InChI=1S/C20H22F3N7O/c1-29-8-6-14(7-9-29)30(2)19-24-11-16-17(28-19)18(26-12-25-16)27-13-4-3-5-15(10-13)31-20(21,22)23/h3-5,10-12,14H,6-9H2,1-2H3,(H,25,26,27). The molecular formula is C20H22F3N7O. The fraction of sp³-hybridized carbons (Fsp3) is 0.400. The quantitative estimate of drug-likeness (QED) is 0.654. The van der Waals surface area contributed by atoms with Crippen LogP contribution < -0.4 is 15.0 Å². The van der Waals surface area contributed by atoms with E-state index < -0.39 is 6.36 Å². The molecule has 0 unspecified atom stereocenters. The molecule has 1 saturated heterocycles. The molecule has 1 aliphatic rings. The molecule has 4 rings (SSSR count). The maximum Gasteiger partial charge on any atom is 0.573 e. The molecule has 0 radical (unpaired) electrons. The number of aromatic nitrogens is 4. The van der Waals surface area contributed by atoms with Crippen molar-refractivity contribution in [2.45, 2.75) is 25.2 Å². The van der Waals surface area contributed by atoms with Crippen LogP contribution in [0, 0.1) is 0 Å². The number of anilines is 3. The number of hydrogen-bond acceptors (Lipinski definition) is 8. The van der Waals surface area contributed by atoms with E-state index >= 15 is 0 Å². The van der Waals surface area contributed by atoms with E-state index in [1.54, 1.807) is 12.3 Å². The Morgan fingerprint density at radius 3 is 2.68 bits per heavy atom. The van der Waals surface area contributed by atoms with Crippen molar-refractivity contribution in [3.63, 3.8) is 0 Å². The minimum absolute atomic E-state index is 0.325. The summed E-state index contributed by atoms with van der Waals surface area (Å²) >= 11 is 0. The second-order valence-corrected chi connectivity index (χ2v) is 7.47. The fourth-order valence-electron chi connectivity index (χ4n) is 3.56. The molecule has 0 bridgehead atoms. The molecule has 0 amide bonds. The van der Waals surface area contributed by atoms with Gasteiger partial charge in [-0.2, -0.15) is 0 Å². The molecule has 8 nitrogen and oxygen atoms in total. The fourth-order valence-corrected chi connectivity index (χ4v) is 3.56. The van der Waals surface area contributed by atoms with Gasteiger partial charge in [-0.05, 0) is 45.1 Å². The summed E-state index contributed by atoms with van der Waals surface area (Å²) in [7, 11) is 4.07. The van der Waals surface area contributed by atoms with Gasteiger partial charge in [0.2, 0.25) is 5.95 Å². The van der Waals surface area contributed by atoms with Gasteiger partial charge in [0.05, 0.1) is 6.20 Å². The van der Waals surface area contributed by atoms with Crippen molar-refractivity contribution < 1.29 is 17.9 Å². The zero-order valence-electron chi connectivity index (χ0n) is 17.1. The third-order valence-corrected chi connectivity index (χ3v) is 5.25. The first-order valence-electron chi connectivity index (χ1n) is 9.80. The van der Waals surface area contributed by atoms with Crippen LogP contribution in [-0.2, 0) is 0 Å². The number of piperidine rings is 1. The summed E-state index contributed by atoms with van der Waals surface area (Å²) in [5, 5.41) is 3.01. The first-order valence-corrected chi connectivity index (χ1v) is 9.80. The van der Waals surface area contributed by atoms with Gasteiger partial charge in [-0.3, -0.25) is 0 Å².